The summed E-state index contributed by atoms with van der Waals surface area (Å²) in [6.45, 7) is 10.2. The lowest BCUT2D eigenvalue weighted by atomic mass is 10.1. The Labute approximate surface area is 218 Å². The first kappa shape index (κ1) is 25.1. The topological polar surface area (TPSA) is 76.9 Å². The summed E-state index contributed by atoms with van der Waals surface area (Å²) in [4.78, 5) is 35.6. The number of rotatable bonds is 8. The van der Waals surface area contributed by atoms with Gasteiger partial charge in [-0.05, 0) is 51.0 Å². The first-order chi connectivity index (χ1) is 17.9. The van der Waals surface area contributed by atoms with Crippen molar-refractivity contribution in [3.05, 3.63) is 48.3 Å². The molecule has 2 amide bonds. The van der Waals surface area contributed by atoms with Crippen molar-refractivity contribution in [3.8, 4) is 11.5 Å². The lowest BCUT2D eigenvalue weighted by Crippen LogP contribution is -2.46. The van der Waals surface area contributed by atoms with E-state index in [0.29, 0.717) is 37.7 Å². The van der Waals surface area contributed by atoms with Crippen molar-refractivity contribution in [1.82, 2.24) is 14.5 Å². The van der Waals surface area contributed by atoms with Crippen LogP contribution in [0.5, 0.6) is 11.5 Å². The van der Waals surface area contributed by atoms with Gasteiger partial charge in [0.05, 0.1) is 11.0 Å². The minimum Gasteiger partial charge on any atom is -0.486 e. The van der Waals surface area contributed by atoms with Crippen LogP contribution in [0.25, 0.3) is 11.0 Å². The largest absolute Gasteiger partial charge is 0.486 e. The molecule has 0 bridgehead atoms. The smallest absolute Gasteiger partial charge is 0.243 e. The molecule has 3 aromatic rings. The van der Waals surface area contributed by atoms with Gasteiger partial charge < -0.3 is 23.8 Å². The molecule has 0 saturated carbocycles. The Kier molecular flexibility index (Phi) is 7.09. The average Bonchev–Trinajstić information content (AvgIpc) is 3.48. The summed E-state index contributed by atoms with van der Waals surface area (Å²) in [5, 5.41) is 0. The standard InChI is InChI=1S/C29H36N4O4/c1-5-19(3)33(20(4)6-2)28(35)18-32-24-10-8-7-9-23(24)30-29(32)21-15-27(34)31(17-21)22-11-12-25-26(16-22)37-14-13-36-25/h7-12,16,19-21H,5-6,13-15,17-18H2,1-4H3. The van der Waals surface area contributed by atoms with Gasteiger partial charge in [0, 0.05) is 42.7 Å². The van der Waals surface area contributed by atoms with Crippen molar-refractivity contribution in [2.45, 2.75) is 71.5 Å². The van der Waals surface area contributed by atoms with Crippen molar-refractivity contribution in [2.75, 3.05) is 24.7 Å². The van der Waals surface area contributed by atoms with Crippen molar-refractivity contribution in [2.24, 2.45) is 0 Å². The highest BCUT2D eigenvalue weighted by atomic mass is 16.6. The second-order valence-corrected chi connectivity index (χ2v) is 10.1. The lowest BCUT2D eigenvalue weighted by Gasteiger charge is -2.34. The van der Waals surface area contributed by atoms with Crippen LogP contribution in [0.15, 0.2) is 42.5 Å². The molecule has 1 saturated heterocycles. The number of fused-ring (bicyclic) bond motifs is 2. The number of imidazole rings is 1. The molecule has 2 aromatic carbocycles. The maximum absolute atomic E-state index is 13.7. The zero-order chi connectivity index (χ0) is 26.1. The summed E-state index contributed by atoms with van der Waals surface area (Å²) in [6.07, 6.45) is 2.14. The van der Waals surface area contributed by atoms with Crippen LogP contribution in [-0.2, 0) is 16.1 Å². The van der Waals surface area contributed by atoms with Crippen LogP contribution in [0, 0.1) is 0 Å². The van der Waals surface area contributed by atoms with E-state index in [2.05, 4.69) is 27.7 Å². The van der Waals surface area contributed by atoms with Crippen LogP contribution in [0.3, 0.4) is 0 Å². The van der Waals surface area contributed by atoms with Gasteiger partial charge in [0.15, 0.2) is 11.5 Å². The molecule has 1 aromatic heterocycles. The molecular formula is C29H36N4O4. The van der Waals surface area contributed by atoms with Gasteiger partial charge in [0.2, 0.25) is 11.8 Å². The molecule has 3 heterocycles. The molecule has 2 aliphatic rings. The summed E-state index contributed by atoms with van der Waals surface area (Å²) in [5.74, 6) is 2.14. The second kappa shape index (κ2) is 10.4. The monoisotopic (exact) mass is 504 g/mol. The fourth-order valence-electron chi connectivity index (χ4n) is 5.44. The lowest BCUT2D eigenvalue weighted by molar-refractivity contribution is -0.136. The van der Waals surface area contributed by atoms with Crippen LogP contribution in [0.4, 0.5) is 5.69 Å². The first-order valence-electron chi connectivity index (χ1n) is 13.4. The molecule has 196 valence electrons. The Bertz CT molecular complexity index is 1290. The Balaban J connectivity index is 1.45. The number of hydrogen-bond donors (Lipinski definition) is 0. The minimum absolute atomic E-state index is 0.0347. The summed E-state index contributed by atoms with van der Waals surface area (Å²) in [6, 6.07) is 13.8. The average molecular weight is 505 g/mol. The van der Waals surface area contributed by atoms with Crippen molar-refractivity contribution < 1.29 is 19.1 Å². The Morgan fingerprint density at radius 1 is 1.05 bits per heavy atom. The number of para-hydroxylation sites is 2. The van der Waals surface area contributed by atoms with Crippen LogP contribution in [0.1, 0.15) is 58.7 Å². The molecule has 8 heteroatoms. The van der Waals surface area contributed by atoms with Gasteiger partial charge in [-0.15, -0.1) is 0 Å². The summed E-state index contributed by atoms with van der Waals surface area (Å²) < 4.78 is 13.4. The van der Waals surface area contributed by atoms with Crippen molar-refractivity contribution in [1.29, 1.82) is 0 Å². The van der Waals surface area contributed by atoms with Gasteiger partial charge in [-0.25, -0.2) is 4.98 Å². The number of ether oxygens (including phenoxy) is 2. The van der Waals surface area contributed by atoms with Gasteiger partial charge in [0.1, 0.15) is 25.6 Å². The third-order valence-electron chi connectivity index (χ3n) is 7.72. The Hall–Kier alpha value is -3.55. The quantitative estimate of drug-likeness (QED) is 0.442. The molecule has 2 aliphatic heterocycles. The zero-order valence-corrected chi connectivity index (χ0v) is 22.1. The fourth-order valence-corrected chi connectivity index (χ4v) is 5.44. The third-order valence-corrected chi connectivity index (χ3v) is 7.72. The molecule has 0 N–H and O–H groups in total. The van der Waals surface area contributed by atoms with Gasteiger partial charge in [0.25, 0.3) is 0 Å². The molecule has 3 unspecified atom stereocenters. The molecule has 5 rings (SSSR count). The number of nitrogens with zero attached hydrogens (tertiary/aromatic N) is 4. The predicted octanol–water partition coefficient (Wildman–Crippen LogP) is 4.75. The Morgan fingerprint density at radius 2 is 1.76 bits per heavy atom. The zero-order valence-electron chi connectivity index (χ0n) is 22.1. The van der Waals surface area contributed by atoms with E-state index in [0.717, 1.165) is 35.4 Å². The van der Waals surface area contributed by atoms with Gasteiger partial charge in [-0.3, -0.25) is 9.59 Å². The maximum Gasteiger partial charge on any atom is 0.243 e. The summed E-state index contributed by atoms with van der Waals surface area (Å²) >= 11 is 0. The van der Waals surface area contributed by atoms with Gasteiger partial charge in [-0.1, -0.05) is 26.0 Å². The number of carbonyl (C=O) groups is 2. The normalized spacial score (nSPS) is 18.8. The molecule has 3 atom stereocenters. The fraction of sp³-hybridized carbons (Fsp3) is 0.483. The molecule has 0 radical (unpaired) electrons. The minimum atomic E-state index is -0.124. The molecule has 0 spiro atoms. The third kappa shape index (κ3) is 4.77. The predicted molar refractivity (Wildman–Crippen MR) is 143 cm³/mol. The number of carbonyl (C=O) groups excluding carboxylic acids is 2. The van der Waals surface area contributed by atoms with Crippen LogP contribution >= 0.6 is 0 Å². The van der Waals surface area contributed by atoms with E-state index in [9.17, 15) is 9.59 Å². The van der Waals surface area contributed by atoms with E-state index in [-0.39, 0.29) is 36.4 Å². The number of aromatic nitrogens is 2. The number of amides is 2. The van der Waals surface area contributed by atoms with Crippen LogP contribution in [0.2, 0.25) is 0 Å². The second-order valence-electron chi connectivity index (χ2n) is 10.1. The van der Waals surface area contributed by atoms with E-state index in [1.165, 1.54) is 0 Å². The maximum atomic E-state index is 13.7. The molecule has 8 nitrogen and oxygen atoms in total. The highest BCUT2D eigenvalue weighted by molar-refractivity contribution is 5.97. The van der Waals surface area contributed by atoms with Crippen molar-refractivity contribution >= 4 is 28.5 Å². The molecule has 1 fully saturated rings. The number of anilines is 1. The van der Waals surface area contributed by atoms with Gasteiger partial charge >= 0.3 is 0 Å². The SMILES string of the molecule is CCC(C)N(C(=O)Cn1c(C2CC(=O)N(c3ccc4c(c3)OCCO4)C2)nc2ccccc21)C(C)CC. The van der Waals surface area contributed by atoms with Crippen molar-refractivity contribution in [3.63, 3.8) is 0 Å². The van der Waals surface area contributed by atoms with E-state index in [1.807, 2.05) is 51.9 Å². The highest BCUT2D eigenvalue weighted by Gasteiger charge is 2.36. The summed E-state index contributed by atoms with van der Waals surface area (Å²) in [7, 11) is 0. The van der Waals surface area contributed by atoms with Crippen LogP contribution in [-0.4, -0.2) is 58.1 Å². The molecule has 0 aliphatic carbocycles. The van der Waals surface area contributed by atoms with E-state index >= 15 is 0 Å². The Morgan fingerprint density at radius 3 is 2.49 bits per heavy atom. The first-order valence-corrected chi connectivity index (χ1v) is 13.4. The number of benzene rings is 2. The number of hydrogen-bond acceptors (Lipinski definition) is 5. The van der Waals surface area contributed by atoms with E-state index in [4.69, 9.17) is 14.5 Å². The van der Waals surface area contributed by atoms with Gasteiger partial charge in [-0.2, -0.15) is 0 Å². The summed E-state index contributed by atoms with van der Waals surface area (Å²) in [5.41, 5.74) is 2.55. The van der Waals surface area contributed by atoms with E-state index in [1.54, 1.807) is 4.90 Å². The molecule has 37 heavy (non-hydrogen) atoms. The highest BCUT2D eigenvalue weighted by Crippen LogP contribution is 2.38. The van der Waals surface area contributed by atoms with Crippen LogP contribution < -0.4 is 14.4 Å². The van der Waals surface area contributed by atoms with E-state index < -0.39 is 0 Å². The molecular weight excluding hydrogens is 468 g/mol.